The Morgan fingerprint density at radius 3 is 2.41 bits per heavy atom. The molecular formula is C30H33ClN6O3S. The summed E-state index contributed by atoms with van der Waals surface area (Å²) in [5, 5.41) is 9.73. The molecule has 0 amide bonds. The minimum absolute atomic E-state index is 0.0992. The predicted molar refractivity (Wildman–Crippen MR) is 166 cm³/mol. The third-order valence-electron chi connectivity index (χ3n) is 6.30. The Bertz CT molecular complexity index is 1670. The molecule has 3 aromatic carbocycles. The first-order valence-corrected chi connectivity index (χ1v) is 14.6. The third-order valence-corrected chi connectivity index (χ3v) is 8.44. The number of sulfonamides is 1. The van der Waals surface area contributed by atoms with Gasteiger partial charge < -0.3 is 20.7 Å². The van der Waals surface area contributed by atoms with Crippen molar-refractivity contribution in [3.8, 4) is 16.9 Å². The van der Waals surface area contributed by atoms with Crippen LogP contribution in [0.5, 0.6) is 5.75 Å². The second-order valence-corrected chi connectivity index (χ2v) is 12.1. The first kappa shape index (κ1) is 29.9. The molecule has 0 spiro atoms. The van der Waals surface area contributed by atoms with Crippen LogP contribution in [-0.4, -0.2) is 43.9 Å². The number of nitrogens with one attached hydrogen (secondary N) is 3. The first-order valence-electron chi connectivity index (χ1n) is 12.7. The molecule has 11 heteroatoms. The van der Waals surface area contributed by atoms with Gasteiger partial charge in [0.15, 0.2) is 5.82 Å². The fraction of sp³-hybridized carbons (Fsp3) is 0.200. The number of benzene rings is 3. The second-order valence-electron chi connectivity index (χ2n) is 9.62. The van der Waals surface area contributed by atoms with E-state index in [-0.39, 0.29) is 21.7 Å². The maximum absolute atomic E-state index is 12.8. The molecule has 41 heavy (non-hydrogen) atoms. The number of halogens is 1. The van der Waals surface area contributed by atoms with Gasteiger partial charge >= 0.3 is 0 Å². The van der Waals surface area contributed by atoms with Crippen molar-refractivity contribution in [3.05, 3.63) is 95.3 Å². The monoisotopic (exact) mass is 592 g/mol. The summed E-state index contributed by atoms with van der Waals surface area (Å²) in [5.41, 5.74) is 6.21. The molecule has 214 valence electrons. The Hall–Kier alpha value is -4.12. The van der Waals surface area contributed by atoms with Gasteiger partial charge in [0, 0.05) is 26.3 Å². The van der Waals surface area contributed by atoms with Gasteiger partial charge in [-0.05, 0) is 60.4 Å². The number of anilines is 4. The molecule has 0 atom stereocenters. The zero-order valence-corrected chi connectivity index (χ0v) is 25.2. The number of para-hydroxylation sites is 1. The Morgan fingerprint density at radius 2 is 1.76 bits per heavy atom. The van der Waals surface area contributed by atoms with Crippen LogP contribution in [0.25, 0.3) is 11.1 Å². The molecule has 3 N–H and O–H groups in total. The van der Waals surface area contributed by atoms with Gasteiger partial charge in [-0.2, -0.15) is 4.98 Å². The van der Waals surface area contributed by atoms with Crippen LogP contribution in [0.1, 0.15) is 18.1 Å². The number of hydrogen-bond acceptors (Lipinski definition) is 8. The maximum Gasteiger partial charge on any atom is 0.244 e. The standard InChI is InChI=1S/C30H33ClN6O3S/c1-19(2)32-17-21-11-13-22(14-12-21)23-16-27(40-6)26(15-20(23)3)35-30-33-18-24(31)29(36-30)34-25-9-7-8-10-28(25)41(38,39)37(4)5/h7-16,18,32H,1,17H2,2-6H3,(H2,33,34,35,36). The zero-order chi connectivity index (χ0) is 29.7. The number of allylic oxidation sites excluding steroid dienone is 1. The molecule has 0 aliphatic rings. The Morgan fingerprint density at radius 1 is 1.05 bits per heavy atom. The smallest absolute Gasteiger partial charge is 0.244 e. The molecular weight excluding hydrogens is 560 g/mol. The number of aryl methyl sites for hydroxylation is 1. The number of ether oxygens (including phenoxy) is 1. The Labute approximate surface area is 246 Å². The van der Waals surface area contributed by atoms with E-state index in [1.807, 2.05) is 26.0 Å². The van der Waals surface area contributed by atoms with Crippen molar-refractivity contribution in [3.63, 3.8) is 0 Å². The van der Waals surface area contributed by atoms with Crippen molar-refractivity contribution in [2.75, 3.05) is 31.8 Å². The summed E-state index contributed by atoms with van der Waals surface area (Å²) in [5.74, 6) is 1.11. The van der Waals surface area contributed by atoms with Crippen LogP contribution in [0.3, 0.4) is 0 Å². The van der Waals surface area contributed by atoms with Crippen LogP contribution < -0.4 is 20.7 Å². The average molecular weight is 593 g/mol. The lowest BCUT2D eigenvalue weighted by atomic mass is 9.98. The van der Waals surface area contributed by atoms with Crippen LogP contribution in [-0.2, 0) is 16.6 Å². The van der Waals surface area contributed by atoms with Crippen molar-refractivity contribution < 1.29 is 13.2 Å². The minimum atomic E-state index is -3.70. The molecule has 0 fully saturated rings. The summed E-state index contributed by atoms with van der Waals surface area (Å²) in [7, 11) is 0.850. The molecule has 4 rings (SSSR count). The number of nitrogens with zero attached hydrogens (tertiary/aromatic N) is 3. The summed E-state index contributed by atoms with van der Waals surface area (Å²) in [6, 6.07) is 18.8. The largest absolute Gasteiger partial charge is 0.495 e. The van der Waals surface area contributed by atoms with E-state index in [1.165, 1.54) is 26.4 Å². The van der Waals surface area contributed by atoms with E-state index >= 15 is 0 Å². The van der Waals surface area contributed by atoms with E-state index in [1.54, 1.807) is 25.3 Å². The van der Waals surface area contributed by atoms with Crippen LogP contribution >= 0.6 is 11.6 Å². The maximum atomic E-state index is 12.8. The molecule has 0 aliphatic carbocycles. The fourth-order valence-corrected chi connectivity index (χ4v) is 5.25. The average Bonchev–Trinajstić information content (AvgIpc) is 2.94. The highest BCUT2D eigenvalue weighted by Crippen LogP contribution is 2.36. The lowest BCUT2D eigenvalue weighted by molar-refractivity contribution is 0.417. The Kier molecular flexibility index (Phi) is 9.17. The van der Waals surface area contributed by atoms with Gasteiger partial charge in [-0.25, -0.2) is 17.7 Å². The summed E-state index contributed by atoms with van der Waals surface area (Å²) in [6.07, 6.45) is 1.44. The van der Waals surface area contributed by atoms with Gasteiger partial charge in [-0.1, -0.05) is 54.6 Å². The van der Waals surface area contributed by atoms with Gasteiger partial charge in [0.1, 0.15) is 15.7 Å². The van der Waals surface area contributed by atoms with Crippen molar-refractivity contribution in [1.82, 2.24) is 19.6 Å². The molecule has 9 nitrogen and oxygen atoms in total. The molecule has 0 aliphatic heterocycles. The molecule has 0 saturated heterocycles. The van der Waals surface area contributed by atoms with Gasteiger partial charge in [-0.15, -0.1) is 0 Å². The van der Waals surface area contributed by atoms with Crippen molar-refractivity contribution in [2.24, 2.45) is 0 Å². The molecule has 1 heterocycles. The number of hydrogen-bond donors (Lipinski definition) is 3. The highest BCUT2D eigenvalue weighted by Gasteiger charge is 2.22. The lowest BCUT2D eigenvalue weighted by Gasteiger charge is -2.17. The number of aromatic nitrogens is 2. The summed E-state index contributed by atoms with van der Waals surface area (Å²) in [6.45, 7) is 8.55. The summed E-state index contributed by atoms with van der Waals surface area (Å²) >= 11 is 6.39. The van der Waals surface area contributed by atoms with Gasteiger partial charge in [0.05, 0.1) is 24.7 Å². The van der Waals surface area contributed by atoms with Crippen molar-refractivity contribution >= 4 is 44.8 Å². The molecule has 0 radical (unpaired) electrons. The minimum Gasteiger partial charge on any atom is -0.495 e. The molecule has 0 unspecified atom stereocenters. The lowest BCUT2D eigenvalue weighted by Crippen LogP contribution is -2.23. The van der Waals surface area contributed by atoms with E-state index in [9.17, 15) is 8.42 Å². The van der Waals surface area contributed by atoms with Crippen LogP contribution in [0, 0.1) is 6.92 Å². The molecule has 1 aromatic heterocycles. The van der Waals surface area contributed by atoms with Crippen LogP contribution in [0.4, 0.5) is 23.1 Å². The SMILES string of the molecule is C=C(C)NCc1ccc(-c2cc(OC)c(Nc3ncc(Cl)c(Nc4ccccc4S(=O)(=O)N(C)C)n3)cc2C)cc1. The van der Waals surface area contributed by atoms with E-state index in [4.69, 9.17) is 16.3 Å². The second kappa shape index (κ2) is 12.6. The zero-order valence-electron chi connectivity index (χ0n) is 23.6. The topological polar surface area (TPSA) is 108 Å². The highest BCUT2D eigenvalue weighted by molar-refractivity contribution is 7.89. The van der Waals surface area contributed by atoms with Crippen LogP contribution in [0.2, 0.25) is 5.02 Å². The molecule has 4 aromatic rings. The fourth-order valence-electron chi connectivity index (χ4n) is 4.08. The number of rotatable bonds is 11. The molecule has 0 bridgehead atoms. The van der Waals surface area contributed by atoms with Crippen molar-refractivity contribution in [1.29, 1.82) is 0 Å². The normalized spacial score (nSPS) is 11.3. The van der Waals surface area contributed by atoms with Gasteiger partial charge in [0.25, 0.3) is 0 Å². The van der Waals surface area contributed by atoms with E-state index in [0.29, 0.717) is 17.1 Å². The summed E-state index contributed by atoms with van der Waals surface area (Å²) < 4.78 is 32.5. The number of methoxy groups -OCH3 is 1. The van der Waals surface area contributed by atoms with Gasteiger partial charge in [-0.3, -0.25) is 0 Å². The molecule has 0 saturated carbocycles. The first-order chi connectivity index (χ1) is 19.5. The Balaban J connectivity index is 1.61. The van der Waals surface area contributed by atoms with E-state index in [0.717, 1.165) is 38.8 Å². The van der Waals surface area contributed by atoms with Gasteiger partial charge in [0.2, 0.25) is 16.0 Å². The quantitative estimate of drug-likeness (QED) is 0.182. The van der Waals surface area contributed by atoms with Crippen LogP contribution in [0.15, 0.2) is 84.0 Å². The third kappa shape index (κ3) is 6.97. The summed E-state index contributed by atoms with van der Waals surface area (Å²) in [4.78, 5) is 8.93. The predicted octanol–water partition coefficient (Wildman–Crippen LogP) is 6.47. The van der Waals surface area contributed by atoms with Crippen molar-refractivity contribution in [2.45, 2.75) is 25.3 Å². The van der Waals surface area contributed by atoms with E-state index < -0.39 is 10.0 Å². The van der Waals surface area contributed by atoms with E-state index in [2.05, 4.69) is 56.8 Å². The highest BCUT2D eigenvalue weighted by atomic mass is 35.5.